The maximum atomic E-state index is 11.9. The molecule has 1 aliphatic carbocycles. The minimum atomic E-state index is -0.311. The highest BCUT2D eigenvalue weighted by molar-refractivity contribution is 5.85. The molecule has 1 unspecified atom stereocenters. The second-order valence-electron chi connectivity index (χ2n) is 4.81. The van der Waals surface area contributed by atoms with Crippen LogP contribution >= 0.6 is 0 Å². The van der Waals surface area contributed by atoms with E-state index in [1.54, 1.807) is 4.68 Å². The smallest absolute Gasteiger partial charge is 0.242 e. The molecule has 4 N–H and O–H groups in total. The van der Waals surface area contributed by atoms with E-state index in [0.29, 0.717) is 11.7 Å². The van der Waals surface area contributed by atoms with Gasteiger partial charge in [0.05, 0.1) is 11.4 Å². The number of aryl methyl sites for hydroxylation is 2. The lowest BCUT2D eigenvalue weighted by Gasteiger charge is -2.16. The van der Waals surface area contributed by atoms with Crippen molar-refractivity contribution < 1.29 is 4.79 Å². The molecule has 0 bridgehead atoms. The number of rotatable bonds is 5. The van der Waals surface area contributed by atoms with E-state index in [0.717, 1.165) is 30.9 Å². The molecule has 1 heterocycles. The molecule has 1 saturated carbocycles. The van der Waals surface area contributed by atoms with Crippen LogP contribution in [0, 0.1) is 6.92 Å². The van der Waals surface area contributed by atoms with Crippen molar-refractivity contribution in [3.63, 3.8) is 0 Å². The highest BCUT2D eigenvalue weighted by Gasteiger charge is 2.26. The molecule has 0 radical (unpaired) electrons. The number of hydrogen-bond acceptors (Lipinski definition) is 4. The van der Waals surface area contributed by atoms with E-state index in [1.165, 1.54) is 0 Å². The molecular formula is C12H21N5O. The van der Waals surface area contributed by atoms with E-state index >= 15 is 0 Å². The Morgan fingerprint density at radius 1 is 1.61 bits per heavy atom. The lowest BCUT2D eigenvalue weighted by molar-refractivity contribution is -0.121. The van der Waals surface area contributed by atoms with Crippen LogP contribution in [0.15, 0.2) is 0 Å². The van der Waals surface area contributed by atoms with Crippen LogP contribution in [-0.4, -0.2) is 27.8 Å². The number of amides is 1. The Labute approximate surface area is 107 Å². The van der Waals surface area contributed by atoms with E-state index < -0.39 is 0 Å². The fourth-order valence-corrected chi connectivity index (χ4v) is 1.80. The van der Waals surface area contributed by atoms with Crippen LogP contribution in [0.3, 0.4) is 0 Å². The highest BCUT2D eigenvalue weighted by Crippen LogP contribution is 2.23. The zero-order valence-electron chi connectivity index (χ0n) is 11.2. The van der Waals surface area contributed by atoms with Gasteiger partial charge in [-0.15, -0.1) is 0 Å². The number of aromatic nitrogens is 2. The molecule has 0 aromatic carbocycles. The summed E-state index contributed by atoms with van der Waals surface area (Å²) in [7, 11) is 0. The van der Waals surface area contributed by atoms with Crippen molar-refractivity contribution in [2.45, 2.75) is 52.2 Å². The molecule has 0 spiro atoms. The van der Waals surface area contributed by atoms with Crippen LogP contribution < -0.4 is 16.4 Å². The first-order chi connectivity index (χ1) is 8.52. The van der Waals surface area contributed by atoms with Crippen LogP contribution in [0.2, 0.25) is 0 Å². The summed E-state index contributed by atoms with van der Waals surface area (Å²) in [5.41, 5.74) is 7.36. The van der Waals surface area contributed by atoms with Crippen LogP contribution in [0.1, 0.15) is 32.4 Å². The second kappa shape index (κ2) is 4.88. The summed E-state index contributed by atoms with van der Waals surface area (Å²) in [5, 5.41) is 10.4. The topological polar surface area (TPSA) is 85.0 Å². The van der Waals surface area contributed by atoms with Crippen molar-refractivity contribution >= 4 is 17.4 Å². The molecule has 0 saturated heterocycles. The first kappa shape index (κ1) is 12.7. The zero-order valence-corrected chi connectivity index (χ0v) is 11.2. The molecular weight excluding hydrogens is 230 g/mol. The zero-order chi connectivity index (χ0) is 13.3. The van der Waals surface area contributed by atoms with Crippen molar-refractivity contribution in [3.05, 3.63) is 5.69 Å². The maximum Gasteiger partial charge on any atom is 0.242 e. The Morgan fingerprint density at radius 3 is 2.83 bits per heavy atom. The van der Waals surface area contributed by atoms with Crippen molar-refractivity contribution in [1.29, 1.82) is 0 Å². The van der Waals surface area contributed by atoms with E-state index in [1.807, 2.05) is 20.8 Å². The third-order valence-corrected chi connectivity index (χ3v) is 3.14. The van der Waals surface area contributed by atoms with Crippen molar-refractivity contribution in [2.75, 3.05) is 11.1 Å². The molecule has 0 aliphatic heterocycles. The molecule has 2 rings (SSSR count). The van der Waals surface area contributed by atoms with Gasteiger partial charge < -0.3 is 16.4 Å². The molecule has 1 amide bonds. The molecule has 6 heteroatoms. The summed E-state index contributed by atoms with van der Waals surface area (Å²) < 4.78 is 1.78. The van der Waals surface area contributed by atoms with Gasteiger partial charge in [0.1, 0.15) is 11.9 Å². The number of carbonyl (C=O) groups is 1. The van der Waals surface area contributed by atoms with Crippen LogP contribution in [-0.2, 0) is 11.3 Å². The molecule has 1 aliphatic rings. The summed E-state index contributed by atoms with van der Waals surface area (Å²) in [6.07, 6.45) is 2.18. The molecule has 100 valence electrons. The Hall–Kier alpha value is -1.72. The summed E-state index contributed by atoms with van der Waals surface area (Å²) in [4.78, 5) is 11.9. The predicted molar refractivity (Wildman–Crippen MR) is 71.3 cm³/mol. The van der Waals surface area contributed by atoms with E-state index in [-0.39, 0.29) is 11.9 Å². The number of anilines is 2. The monoisotopic (exact) mass is 251 g/mol. The van der Waals surface area contributed by atoms with Crippen molar-refractivity contribution in [1.82, 2.24) is 15.1 Å². The van der Waals surface area contributed by atoms with Gasteiger partial charge in [-0.3, -0.25) is 4.79 Å². The van der Waals surface area contributed by atoms with E-state index in [9.17, 15) is 4.79 Å². The van der Waals surface area contributed by atoms with Gasteiger partial charge in [-0.25, -0.2) is 4.68 Å². The van der Waals surface area contributed by atoms with Gasteiger partial charge in [0.15, 0.2) is 0 Å². The van der Waals surface area contributed by atoms with Crippen LogP contribution in [0.5, 0.6) is 0 Å². The Kier molecular flexibility index (Phi) is 3.45. The average Bonchev–Trinajstić information content (AvgIpc) is 3.11. The summed E-state index contributed by atoms with van der Waals surface area (Å²) in [5.74, 6) is 0.742. The van der Waals surface area contributed by atoms with E-state index in [4.69, 9.17) is 5.73 Å². The SMILES string of the molecule is CCn1nc(C)c(N)c1NC(C)C(=O)NC1CC1. The number of nitrogens with zero attached hydrogens (tertiary/aromatic N) is 2. The average molecular weight is 251 g/mol. The minimum Gasteiger partial charge on any atom is -0.394 e. The molecule has 1 fully saturated rings. The fraction of sp³-hybridized carbons (Fsp3) is 0.667. The number of nitrogen functional groups attached to an aromatic ring is 1. The first-order valence-electron chi connectivity index (χ1n) is 6.42. The van der Waals surface area contributed by atoms with Crippen LogP contribution in [0.4, 0.5) is 11.5 Å². The van der Waals surface area contributed by atoms with Gasteiger partial charge in [-0.05, 0) is 33.6 Å². The predicted octanol–water partition coefficient (Wildman–Crippen LogP) is 0.873. The normalized spacial score (nSPS) is 16.4. The van der Waals surface area contributed by atoms with Crippen molar-refractivity contribution in [3.8, 4) is 0 Å². The minimum absolute atomic E-state index is 0.0124. The second-order valence-corrected chi connectivity index (χ2v) is 4.81. The van der Waals surface area contributed by atoms with Gasteiger partial charge in [0.2, 0.25) is 5.91 Å². The van der Waals surface area contributed by atoms with Gasteiger partial charge >= 0.3 is 0 Å². The summed E-state index contributed by atoms with van der Waals surface area (Å²) in [6, 6.07) is 0.0613. The van der Waals surface area contributed by atoms with E-state index in [2.05, 4.69) is 15.7 Å². The van der Waals surface area contributed by atoms with Gasteiger partial charge in [-0.1, -0.05) is 0 Å². The number of nitrogens with one attached hydrogen (secondary N) is 2. The van der Waals surface area contributed by atoms with Gasteiger partial charge in [0.25, 0.3) is 0 Å². The molecule has 1 aromatic heterocycles. The fourth-order valence-electron chi connectivity index (χ4n) is 1.80. The Balaban J connectivity index is 2.05. The lowest BCUT2D eigenvalue weighted by Crippen LogP contribution is -2.39. The Bertz CT molecular complexity index is 450. The van der Waals surface area contributed by atoms with Gasteiger partial charge in [0, 0.05) is 12.6 Å². The number of carbonyl (C=O) groups excluding carboxylic acids is 1. The largest absolute Gasteiger partial charge is 0.394 e. The number of hydrogen-bond donors (Lipinski definition) is 3. The first-order valence-corrected chi connectivity index (χ1v) is 6.42. The van der Waals surface area contributed by atoms with Crippen molar-refractivity contribution in [2.24, 2.45) is 0 Å². The third-order valence-electron chi connectivity index (χ3n) is 3.14. The molecule has 1 aromatic rings. The summed E-state index contributed by atoms with van der Waals surface area (Å²) >= 11 is 0. The lowest BCUT2D eigenvalue weighted by atomic mass is 10.3. The van der Waals surface area contributed by atoms with Crippen LogP contribution in [0.25, 0.3) is 0 Å². The quantitative estimate of drug-likeness (QED) is 0.725. The standard InChI is InChI=1S/C12H21N5O/c1-4-17-11(10(13)7(2)16-17)14-8(3)12(18)15-9-5-6-9/h8-9,14H,4-6,13H2,1-3H3,(H,15,18). The molecule has 6 nitrogen and oxygen atoms in total. The van der Waals surface area contributed by atoms with Gasteiger partial charge in [-0.2, -0.15) is 5.10 Å². The third kappa shape index (κ3) is 2.57. The summed E-state index contributed by atoms with van der Waals surface area (Å²) in [6.45, 7) is 6.41. The molecule has 1 atom stereocenters. The maximum absolute atomic E-state index is 11.9. The number of nitrogens with two attached hydrogens (primary N) is 1. The molecule has 18 heavy (non-hydrogen) atoms. The Morgan fingerprint density at radius 2 is 2.28 bits per heavy atom. The highest BCUT2D eigenvalue weighted by atomic mass is 16.2.